The minimum Gasteiger partial charge on any atom is -0.464 e. The van der Waals surface area contributed by atoms with Crippen molar-refractivity contribution >= 4 is 10.8 Å². The van der Waals surface area contributed by atoms with Crippen molar-refractivity contribution < 1.29 is 8.63 Å². The molecule has 1 saturated carbocycles. The van der Waals surface area contributed by atoms with Gasteiger partial charge < -0.3 is 4.42 Å². The number of hydrogen-bond donors (Lipinski definition) is 0. The average Bonchev–Trinajstić information content (AvgIpc) is 2.94. The first-order valence-corrected chi connectivity index (χ1v) is 8.76. The molecule has 1 aromatic heterocycles. The highest BCUT2D eigenvalue weighted by atomic mass is 32.2. The molecule has 2 atom stereocenters. The number of rotatable bonds is 4. The summed E-state index contributed by atoms with van der Waals surface area (Å²) in [6, 6.07) is 4.83. The zero-order chi connectivity index (χ0) is 13.4. The van der Waals surface area contributed by atoms with E-state index in [0.29, 0.717) is 12.0 Å². The molecule has 0 spiro atoms. The quantitative estimate of drug-likeness (QED) is 0.851. The van der Waals surface area contributed by atoms with E-state index in [2.05, 4.69) is 31.0 Å². The first-order chi connectivity index (χ1) is 9.13. The molecule has 3 rings (SSSR count). The minimum absolute atomic E-state index is 0.561. The second-order valence-electron chi connectivity index (χ2n) is 6.12. The van der Waals surface area contributed by atoms with Crippen LogP contribution in [0.15, 0.2) is 16.5 Å². The van der Waals surface area contributed by atoms with Crippen molar-refractivity contribution in [2.24, 2.45) is 5.92 Å². The van der Waals surface area contributed by atoms with Crippen LogP contribution in [0.2, 0.25) is 0 Å². The Balaban J connectivity index is 1.55. The molecule has 2 aliphatic rings. The van der Waals surface area contributed by atoms with E-state index in [1.165, 1.54) is 12.2 Å². The Kier molecular flexibility index (Phi) is 3.81. The Bertz CT molecular complexity index is 460. The molecule has 0 radical (unpaired) electrons. The first kappa shape index (κ1) is 13.4. The molecule has 0 amide bonds. The molecule has 1 saturated heterocycles. The van der Waals surface area contributed by atoms with Gasteiger partial charge in [-0.25, -0.2) is 0 Å². The van der Waals surface area contributed by atoms with Gasteiger partial charge in [-0.2, -0.15) is 0 Å². The molecule has 1 aliphatic carbocycles. The summed E-state index contributed by atoms with van der Waals surface area (Å²) < 4.78 is 17.3. The van der Waals surface area contributed by atoms with E-state index in [4.69, 9.17) is 4.42 Å². The Labute approximate surface area is 117 Å². The van der Waals surface area contributed by atoms with Crippen LogP contribution in [0.4, 0.5) is 0 Å². The van der Waals surface area contributed by atoms with E-state index in [1.54, 1.807) is 0 Å². The molecule has 0 bridgehead atoms. The molecular formula is C15H23NO2S. The Hall–Kier alpha value is -0.610. The van der Waals surface area contributed by atoms with Crippen molar-refractivity contribution in [1.82, 2.24) is 4.90 Å². The fourth-order valence-electron chi connectivity index (χ4n) is 2.99. The lowest BCUT2D eigenvalue weighted by Crippen LogP contribution is -2.36. The lowest BCUT2D eigenvalue weighted by atomic mass is 10.1. The van der Waals surface area contributed by atoms with Gasteiger partial charge in [0.1, 0.15) is 11.5 Å². The van der Waals surface area contributed by atoms with Crippen molar-refractivity contribution in [1.29, 1.82) is 0 Å². The molecule has 2 heterocycles. The van der Waals surface area contributed by atoms with Crippen LogP contribution in [0.3, 0.4) is 0 Å². The van der Waals surface area contributed by atoms with Crippen molar-refractivity contribution in [3.8, 4) is 0 Å². The largest absolute Gasteiger partial charge is 0.464 e. The molecule has 19 heavy (non-hydrogen) atoms. The third-order valence-corrected chi connectivity index (χ3v) is 5.93. The van der Waals surface area contributed by atoms with E-state index in [0.717, 1.165) is 42.6 Å². The third kappa shape index (κ3) is 3.11. The van der Waals surface area contributed by atoms with Crippen LogP contribution < -0.4 is 0 Å². The van der Waals surface area contributed by atoms with Gasteiger partial charge in [0.2, 0.25) is 0 Å². The molecule has 2 fully saturated rings. The molecule has 1 aromatic rings. The summed E-state index contributed by atoms with van der Waals surface area (Å²) in [6.45, 7) is 3.15. The van der Waals surface area contributed by atoms with Crippen molar-refractivity contribution in [2.75, 3.05) is 18.6 Å². The SMILES string of the molecule is C[C@@H]1C[C@H]1c1ccc(CN(C)C2CCS(=O)CC2)o1. The van der Waals surface area contributed by atoms with Crippen LogP contribution in [0, 0.1) is 5.92 Å². The maximum absolute atomic E-state index is 11.4. The molecule has 3 nitrogen and oxygen atoms in total. The molecule has 106 valence electrons. The second-order valence-corrected chi connectivity index (χ2v) is 7.81. The van der Waals surface area contributed by atoms with Gasteiger partial charge in [0, 0.05) is 34.3 Å². The highest BCUT2D eigenvalue weighted by molar-refractivity contribution is 7.85. The zero-order valence-corrected chi connectivity index (χ0v) is 12.6. The van der Waals surface area contributed by atoms with Gasteiger partial charge in [-0.05, 0) is 44.4 Å². The molecular weight excluding hydrogens is 258 g/mol. The molecule has 4 heteroatoms. The second kappa shape index (κ2) is 5.41. The smallest absolute Gasteiger partial charge is 0.118 e. The maximum Gasteiger partial charge on any atom is 0.118 e. The average molecular weight is 281 g/mol. The van der Waals surface area contributed by atoms with Gasteiger partial charge in [-0.1, -0.05) is 6.92 Å². The van der Waals surface area contributed by atoms with E-state index in [-0.39, 0.29) is 0 Å². The number of furan rings is 1. The summed E-state index contributed by atoms with van der Waals surface area (Å²) in [5.74, 6) is 5.42. The summed E-state index contributed by atoms with van der Waals surface area (Å²) in [7, 11) is 1.58. The topological polar surface area (TPSA) is 33.5 Å². The zero-order valence-electron chi connectivity index (χ0n) is 11.8. The molecule has 0 aromatic carbocycles. The van der Waals surface area contributed by atoms with Gasteiger partial charge in [0.05, 0.1) is 6.54 Å². The minimum atomic E-state index is -0.572. The predicted octanol–water partition coefficient (Wildman–Crippen LogP) is 2.75. The van der Waals surface area contributed by atoms with Crippen LogP contribution in [-0.4, -0.2) is 33.7 Å². The Morgan fingerprint density at radius 3 is 2.68 bits per heavy atom. The normalized spacial score (nSPS) is 34.7. The van der Waals surface area contributed by atoms with E-state index < -0.39 is 10.8 Å². The van der Waals surface area contributed by atoms with Gasteiger partial charge >= 0.3 is 0 Å². The van der Waals surface area contributed by atoms with Gasteiger partial charge in [0.25, 0.3) is 0 Å². The standard InChI is InChI=1S/C15H23NO2S/c1-11-9-14(11)15-4-3-13(18-15)10-16(2)12-5-7-19(17)8-6-12/h3-4,11-12,14H,5-10H2,1-2H3/t11-,12?,14-,19?/m1/s1. The summed E-state index contributed by atoms with van der Waals surface area (Å²) in [5, 5.41) is 0. The van der Waals surface area contributed by atoms with Crippen molar-refractivity contribution in [2.45, 2.75) is 44.7 Å². The molecule has 0 unspecified atom stereocenters. The van der Waals surface area contributed by atoms with Crippen LogP contribution in [0.1, 0.15) is 43.6 Å². The number of hydrogen-bond acceptors (Lipinski definition) is 3. The lowest BCUT2D eigenvalue weighted by molar-refractivity contribution is 0.202. The van der Waals surface area contributed by atoms with E-state index in [9.17, 15) is 4.21 Å². The van der Waals surface area contributed by atoms with Gasteiger partial charge in [0.15, 0.2) is 0 Å². The van der Waals surface area contributed by atoms with Gasteiger partial charge in [-0.3, -0.25) is 9.11 Å². The molecule has 0 N–H and O–H groups in total. The summed E-state index contributed by atoms with van der Waals surface area (Å²) in [4.78, 5) is 2.36. The first-order valence-electron chi connectivity index (χ1n) is 7.27. The summed E-state index contributed by atoms with van der Waals surface area (Å²) in [5.41, 5.74) is 0. The number of nitrogens with zero attached hydrogens (tertiary/aromatic N) is 1. The highest BCUT2D eigenvalue weighted by Gasteiger charge is 2.36. The maximum atomic E-state index is 11.4. The predicted molar refractivity (Wildman–Crippen MR) is 77.6 cm³/mol. The van der Waals surface area contributed by atoms with Crippen LogP contribution >= 0.6 is 0 Å². The van der Waals surface area contributed by atoms with Crippen LogP contribution in [-0.2, 0) is 17.3 Å². The lowest BCUT2D eigenvalue weighted by Gasteiger charge is -2.30. The Morgan fingerprint density at radius 2 is 2.05 bits per heavy atom. The van der Waals surface area contributed by atoms with E-state index >= 15 is 0 Å². The van der Waals surface area contributed by atoms with Crippen molar-refractivity contribution in [3.05, 3.63) is 23.7 Å². The highest BCUT2D eigenvalue weighted by Crippen LogP contribution is 2.47. The summed E-state index contributed by atoms with van der Waals surface area (Å²) in [6.07, 6.45) is 3.38. The third-order valence-electron chi connectivity index (χ3n) is 4.54. The fourth-order valence-corrected chi connectivity index (χ4v) is 4.27. The monoisotopic (exact) mass is 281 g/mol. The summed E-state index contributed by atoms with van der Waals surface area (Å²) >= 11 is 0. The molecule has 1 aliphatic heterocycles. The van der Waals surface area contributed by atoms with Crippen LogP contribution in [0.5, 0.6) is 0 Å². The fraction of sp³-hybridized carbons (Fsp3) is 0.733. The van der Waals surface area contributed by atoms with Crippen LogP contribution in [0.25, 0.3) is 0 Å². The Morgan fingerprint density at radius 1 is 1.37 bits per heavy atom. The van der Waals surface area contributed by atoms with Crippen molar-refractivity contribution in [3.63, 3.8) is 0 Å². The van der Waals surface area contributed by atoms with E-state index in [1.807, 2.05) is 0 Å². The van der Waals surface area contributed by atoms with Gasteiger partial charge in [-0.15, -0.1) is 0 Å².